The minimum absolute atomic E-state index is 0.0134. The van der Waals surface area contributed by atoms with Gasteiger partial charge in [-0.2, -0.15) is 4.31 Å². The first-order chi connectivity index (χ1) is 10.3. The minimum Gasteiger partial charge on any atom is -0.329 e. The molecule has 1 fully saturated rings. The van der Waals surface area contributed by atoms with E-state index < -0.39 is 19.9 Å². The van der Waals surface area contributed by atoms with Gasteiger partial charge in [-0.15, -0.1) is 0 Å². The summed E-state index contributed by atoms with van der Waals surface area (Å²) in [6, 6.07) is 5.25. The van der Waals surface area contributed by atoms with Gasteiger partial charge in [0.2, 0.25) is 10.0 Å². The zero-order chi connectivity index (χ0) is 16.4. The number of sulfonamides is 1. The maximum absolute atomic E-state index is 12.7. The van der Waals surface area contributed by atoms with Crippen molar-refractivity contribution in [3.63, 3.8) is 0 Å². The van der Waals surface area contributed by atoms with Crippen LogP contribution < -0.4 is 5.73 Å². The molecule has 6 nitrogen and oxygen atoms in total. The van der Waals surface area contributed by atoms with Gasteiger partial charge in [-0.05, 0) is 37.1 Å². The predicted molar refractivity (Wildman–Crippen MR) is 84.8 cm³/mol. The van der Waals surface area contributed by atoms with Crippen molar-refractivity contribution in [2.24, 2.45) is 5.73 Å². The van der Waals surface area contributed by atoms with Crippen molar-refractivity contribution in [2.45, 2.75) is 42.0 Å². The Balaban J connectivity index is 2.34. The molecule has 2 N–H and O–H groups in total. The quantitative estimate of drug-likeness (QED) is 0.857. The first-order valence-corrected chi connectivity index (χ1v) is 10.5. The number of piperidine rings is 1. The summed E-state index contributed by atoms with van der Waals surface area (Å²) in [5, 5.41) is 0. The zero-order valence-electron chi connectivity index (χ0n) is 12.6. The van der Waals surface area contributed by atoms with Crippen LogP contribution in [0.4, 0.5) is 0 Å². The molecule has 0 saturated carbocycles. The lowest BCUT2D eigenvalue weighted by molar-refractivity contribution is 0.257. The van der Waals surface area contributed by atoms with Crippen LogP contribution in [0.25, 0.3) is 0 Å². The SMILES string of the molecule is CCS(=O)(=O)c1ccc(S(=O)(=O)N2CCCCC2CN)cc1. The second kappa shape index (κ2) is 6.66. The Morgan fingerprint density at radius 1 is 1.09 bits per heavy atom. The van der Waals surface area contributed by atoms with Crippen LogP contribution in [0, 0.1) is 0 Å². The van der Waals surface area contributed by atoms with Crippen molar-refractivity contribution in [3.05, 3.63) is 24.3 Å². The number of sulfone groups is 1. The Bertz CT molecular complexity index is 712. The van der Waals surface area contributed by atoms with Gasteiger partial charge in [-0.1, -0.05) is 13.3 Å². The molecule has 1 saturated heterocycles. The molecule has 1 aromatic rings. The fraction of sp³-hybridized carbons (Fsp3) is 0.571. The van der Waals surface area contributed by atoms with Crippen LogP contribution in [0.1, 0.15) is 26.2 Å². The molecule has 0 spiro atoms. The summed E-state index contributed by atoms with van der Waals surface area (Å²) < 4.78 is 50.4. The first kappa shape index (κ1) is 17.4. The molecule has 0 radical (unpaired) electrons. The van der Waals surface area contributed by atoms with E-state index in [1.54, 1.807) is 6.92 Å². The summed E-state index contributed by atoms with van der Waals surface area (Å²) in [5.41, 5.74) is 5.68. The normalized spacial score (nSPS) is 20.9. The number of hydrogen-bond acceptors (Lipinski definition) is 5. The maximum atomic E-state index is 12.7. The van der Waals surface area contributed by atoms with Crippen molar-refractivity contribution < 1.29 is 16.8 Å². The van der Waals surface area contributed by atoms with Crippen LogP contribution >= 0.6 is 0 Å². The summed E-state index contributed by atoms with van der Waals surface area (Å²) in [6.45, 7) is 2.31. The Morgan fingerprint density at radius 3 is 2.23 bits per heavy atom. The van der Waals surface area contributed by atoms with Gasteiger partial charge in [0.05, 0.1) is 15.5 Å². The summed E-state index contributed by atoms with van der Waals surface area (Å²) in [7, 11) is -6.96. The molecule has 1 aliphatic rings. The molecular weight excluding hydrogens is 324 g/mol. The third kappa shape index (κ3) is 3.34. The number of nitrogens with two attached hydrogens (primary N) is 1. The average Bonchev–Trinajstić information content (AvgIpc) is 2.54. The standard InChI is InChI=1S/C14H22N2O4S2/c1-2-21(17,18)13-6-8-14(9-7-13)22(19,20)16-10-4-3-5-12(16)11-15/h6-9,12H,2-5,10-11,15H2,1H3. The lowest BCUT2D eigenvalue weighted by Crippen LogP contribution is -2.47. The Hall–Kier alpha value is -0.960. The highest BCUT2D eigenvalue weighted by Gasteiger charge is 2.32. The van der Waals surface area contributed by atoms with Gasteiger partial charge in [0.15, 0.2) is 9.84 Å². The summed E-state index contributed by atoms with van der Waals surface area (Å²) in [6.07, 6.45) is 2.55. The zero-order valence-corrected chi connectivity index (χ0v) is 14.2. The number of benzene rings is 1. The van der Waals surface area contributed by atoms with Crippen molar-refractivity contribution >= 4 is 19.9 Å². The van der Waals surface area contributed by atoms with Crippen LogP contribution in [-0.4, -0.2) is 46.0 Å². The predicted octanol–water partition coefficient (Wildman–Crippen LogP) is 0.982. The van der Waals surface area contributed by atoms with E-state index in [0.29, 0.717) is 13.1 Å². The van der Waals surface area contributed by atoms with Crippen molar-refractivity contribution in [1.29, 1.82) is 0 Å². The van der Waals surface area contributed by atoms with Gasteiger partial charge in [0.25, 0.3) is 0 Å². The third-order valence-corrected chi connectivity index (χ3v) is 7.73. The average molecular weight is 346 g/mol. The Kier molecular flexibility index (Phi) is 5.26. The van der Waals surface area contributed by atoms with Crippen LogP contribution in [0.5, 0.6) is 0 Å². The molecule has 1 aliphatic heterocycles. The molecule has 1 unspecified atom stereocenters. The monoisotopic (exact) mass is 346 g/mol. The molecule has 0 aromatic heterocycles. The molecule has 8 heteroatoms. The maximum Gasteiger partial charge on any atom is 0.243 e. The summed E-state index contributed by atoms with van der Waals surface area (Å²) >= 11 is 0. The molecule has 1 aromatic carbocycles. The summed E-state index contributed by atoms with van der Waals surface area (Å²) in [4.78, 5) is 0.255. The van der Waals surface area contributed by atoms with E-state index in [-0.39, 0.29) is 21.6 Å². The Morgan fingerprint density at radius 2 is 1.68 bits per heavy atom. The van der Waals surface area contributed by atoms with Crippen molar-refractivity contribution in [1.82, 2.24) is 4.31 Å². The van der Waals surface area contributed by atoms with Crippen molar-refractivity contribution in [2.75, 3.05) is 18.8 Å². The van der Waals surface area contributed by atoms with Crippen LogP contribution in [0.2, 0.25) is 0 Å². The van der Waals surface area contributed by atoms with E-state index in [1.807, 2.05) is 0 Å². The lowest BCUT2D eigenvalue weighted by Gasteiger charge is -2.33. The molecule has 22 heavy (non-hydrogen) atoms. The fourth-order valence-electron chi connectivity index (χ4n) is 2.65. The smallest absolute Gasteiger partial charge is 0.243 e. The van der Waals surface area contributed by atoms with Gasteiger partial charge in [-0.3, -0.25) is 0 Å². The first-order valence-electron chi connectivity index (χ1n) is 7.37. The minimum atomic E-state index is -3.63. The van der Waals surface area contributed by atoms with Gasteiger partial charge in [-0.25, -0.2) is 16.8 Å². The van der Waals surface area contributed by atoms with Crippen LogP contribution in [0.3, 0.4) is 0 Å². The second-order valence-corrected chi connectivity index (χ2v) is 9.54. The van der Waals surface area contributed by atoms with Crippen molar-refractivity contribution in [3.8, 4) is 0 Å². The van der Waals surface area contributed by atoms with Gasteiger partial charge >= 0.3 is 0 Å². The van der Waals surface area contributed by atoms with E-state index in [1.165, 1.54) is 28.6 Å². The largest absolute Gasteiger partial charge is 0.329 e. The molecule has 1 atom stereocenters. The van der Waals surface area contributed by atoms with E-state index in [4.69, 9.17) is 5.73 Å². The third-order valence-electron chi connectivity index (χ3n) is 4.01. The van der Waals surface area contributed by atoms with Gasteiger partial charge in [0.1, 0.15) is 0 Å². The van der Waals surface area contributed by atoms with E-state index in [9.17, 15) is 16.8 Å². The molecule has 124 valence electrons. The topological polar surface area (TPSA) is 97.5 Å². The lowest BCUT2D eigenvalue weighted by atomic mass is 10.1. The molecule has 0 aliphatic carbocycles. The number of rotatable bonds is 5. The number of nitrogens with zero attached hydrogens (tertiary/aromatic N) is 1. The van der Waals surface area contributed by atoms with Gasteiger partial charge < -0.3 is 5.73 Å². The fourth-order valence-corrected chi connectivity index (χ4v) is 5.24. The number of hydrogen-bond donors (Lipinski definition) is 1. The van der Waals surface area contributed by atoms with Crippen LogP contribution in [-0.2, 0) is 19.9 Å². The highest BCUT2D eigenvalue weighted by molar-refractivity contribution is 7.91. The van der Waals surface area contributed by atoms with E-state index in [2.05, 4.69) is 0 Å². The highest BCUT2D eigenvalue weighted by atomic mass is 32.2. The van der Waals surface area contributed by atoms with Crippen LogP contribution in [0.15, 0.2) is 34.1 Å². The molecule has 2 rings (SSSR count). The molecule has 1 heterocycles. The second-order valence-electron chi connectivity index (χ2n) is 5.38. The Labute approximate surface area is 132 Å². The van der Waals surface area contributed by atoms with E-state index >= 15 is 0 Å². The molecule has 0 amide bonds. The molecular formula is C14H22N2O4S2. The summed E-state index contributed by atoms with van der Waals surface area (Å²) in [5.74, 6) is -0.0134. The molecule has 0 bridgehead atoms. The van der Waals surface area contributed by atoms with Gasteiger partial charge in [0, 0.05) is 19.1 Å². The van der Waals surface area contributed by atoms with E-state index in [0.717, 1.165) is 19.3 Å². The highest BCUT2D eigenvalue weighted by Crippen LogP contribution is 2.25.